The third kappa shape index (κ3) is 5.25. The molecule has 0 aromatic heterocycles. The van der Waals surface area contributed by atoms with Crippen molar-refractivity contribution in [2.45, 2.75) is 31.9 Å². The van der Waals surface area contributed by atoms with Crippen molar-refractivity contribution >= 4 is 12.1 Å². The smallest absolute Gasteiger partial charge is 0.410 e. The fourth-order valence-corrected chi connectivity index (χ4v) is 2.84. The number of likely N-dealkylation sites (tertiary alicyclic amines) is 1. The van der Waals surface area contributed by atoms with E-state index in [-0.39, 0.29) is 12.7 Å². The van der Waals surface area contributed by atoms with Gasteiger partial charge in [-0.05, 0) is 37.8 Å². The predicted molar refractivity (Wildman–Crippen MR) is 86.0 cm³/mol. The Morgan fingerprint density at radius 2 is 1.96 bits per heavy atom. The van der Waals surface area contributed by atoms with Crippen LogP contribution in [0.1, 0.15) is 24.8 Å². The van der Waals surface area contributed by atoms with Gasteiger partial charge in [0, 0.05) is 13.1 Å². The van der Waals surface area contributed by atoms with E-state index in [1.807, 2.05) is 30.3 Å². The lowest BCUT2D eigenvalue weighted by molar-refractivity contribution is -0.139. The molecule has 1 amide bonds. The fourth-order valence-electron chi connectivity index (χ4n) is 2.84. The average molecular weight is 320 g/mol. The molecule has 2 N–H and O–H groups in total. The number of hydrogen-bond donors (Lipinski definition) is 2. The first-order chi connectivity index (χ1) is 11.1. The minimum absolute atomic E-state index is 0.278. The third-order valence-corrected chi connectivity index (χ3v) is 4.29. The van der Waals surface area contributed by atoms with E-state index in [2.05, 4.69) is 5.32 Å². The second kappa shape index (κ2) is 8.53. The highest BCUT2D eigenvalue weighted by molar-refractivity contribution is 5.73. The number of carbonyl (C=O) groups is 2. The number of amides is 1. The number of piperidine rings is 1. The average Bonchev–Trinajstić information content (AvgIpc) is 2.58. The zero-order chi connectivity index (χ0) is 16.7. The van der Waals surface area contributed by atoms with Crippen molar-refractivity contribution in [1.29, 1.82) is 0 Å². The molecule has 1 fully saturated rings. The zero-order valence-corrected chi connectivity index (χ0v) is 13.4. The van der Waals surface area contributed by atoms with Gasteiger partial charge in [0.25, 0.3) is 0 Å². The van der Waals surface area contributed by atoms with Gasteiger partial charge >= 0.3 is 12.1 Å². The van der Waals surface area contributed by atoms with Gasteiger partial charge in [-0.1, -0.05) is 30.3 Å². The van der Waals surface area contributed by atoms with Crippen molar-refractivity contribution < 1.29 is 19.4 Å². The molecule has 1 aliphatic heterocycles. The maximum Gasteiger partial charge on any atom is 0.410 e. The first-order valence-corrected chi connectivity index (χ1v) is 7.96. The highest BCUT2D eigenvalue weighted by Gasteiger charge is 2.27. The number of ether oxygens (including phenoxy) is 1. The Hall–Kier alpha value is -2.08. The zero-order valence-electron chi connectivity index (χ0n) is 13.4. The maximum atomic E-state index is 12.1. The Balaban J connectivity index is 1.73. The van der Waals surface area contributed by atoms with Crippen molar-refractivity contribution in [3.8, 4) is 0 Å². The summed E-state index contributed by atoms with van der Waals surface area (Å²) in [6.45, 7) is 1.52. The van der Waals surface area contributed by atoms with Crippen LogP contribution in [-0.4, -0.2) is 48.2 Å². The monoisotopic (exact) mass is 320 g/mol. The summed E-state index contributed by atoms with van der Waals surface area (Å²) in [5.41, 5.74) is 0.967. The molecule has 126 valence electrons. The third-order valence-electron chi connectivity index (χ3n) is 4.29. The van der Waals surface area contributed by atoms with Gasteiger partial charge in [0.1, 0.15) is 12.6 Å². The van der Waals surface area contributed by atoms with Crippen LogP contribution in [0.5, 0.6) is 0 Å². The number of hydrogen-bond acceptors (Lipinski definition) is 4. The number of benzene rings is 1. The highest BCUT2D eigenvalue weighted by atomic mass is 16.6. The molecule has 1 unspecified atom stereocenters. The number of carboxylic acid groups (broad SMARTS) is 1. The van der Waals surface area contributed by atoms with Crippen LogP contribution < -0.4 is 5.32 Å². The lowest BCUT2D eigenvalue weighted by Crippen LogP contribution is -2.42. The lowest BCUT2D eigenvalue weighted by atomic mass is 9.90. The molecule has 1 heterocycles. The molecule has 6 nitrogen and oxygen atoms in total. The van der Waals surface area contributed by atoms with Gasteiger partial charge in [0.2, 0.25) is 0 Å². The van der Waals surface area contributed by atoms with E-state index in [4.69, 9.17) is 9.84 Å². The van der Waals surface area contributed by atoms with E-state index in [0.29, 0.717) is 25.4 Å². The quantitative estimate of drug-likeness (QED) is 0.839. The fraction of sp³-hybridized carbons (Fsp3) is 0.529. The first kappa shape index (κ1) is 17.3. The van der Waals surface area contributed by atoms with E-state index in [1.165, 1.54) is 0 Å². The van der Waals surface area contributed by atoms with Gasteiger partial charge in [-0.2, -0.15) is 0 Å². The number of carbonyl (C=O) groups excluding carboxylic acids is 1. The molecule has 0 saturated carbocycles. The molecule has 23 heavy (non-hydrogen) atoms. The summed E-state index contributed by atoms with van der Waals surface area (Å²) in [5.74, 6) is -0.501. The normalized spacial score (nSPS) is 16.8. The molecule has 0 aliphatic carbocycles. The van der Waals surface area contributed by atoms with Crippen LogP contribution in [0.25, 0.3) is 0 Å². The van der Waals surface area contributed by atoms with E-state index in [1.54, 1.807) is 11.9 Å². The Bertz CT molecular complexity index is 513. The second-order valence-electron chi connectivity index (χ2n) is 5.89. The second-order valence-corrected chi connectivity index (χ2v) is 5.89. The molecule has 1 atom stereocenters. The molecule has 0 bridgehead atoms. The van der Waals surface area contributed by atoms with Gasteiger partial charge in [-0.3, -0.25) is 4.79 Å². The van der Waals surface area contributed by atoms with Gasteiger partial charge < -0.3 is 20.1 Å². The van der Waals surface area contributed by atoms with Gasteiger partial charge in [0.05, 0.1) is 0 Å². The Kier molecular flexibility index (Phi) is 6.40. The molecule has 2 rings (SSSR count). The highest BCUT2D eigenvalue weighted by Crippen LogP contribution is 2.22. The molecule has 0 spiro atoms. The van der Waals surface area contributed by atoms with Crippen LogP contribution in [-0.2, 0) is 16.1 Å². The summed E-state index contributed by atoms with van der Waals surface area (Å²) < 4.78 is 5.32. The van der Waals surface area contributed by atoms with Crippen molar-refractivity contribution in [3.05, 3.63) is 35.9 Å². The minimum atomic E-state index is -0.822. The predicted octanol–water partition coefficient (Wildman–Crippen LogP) is 2.10. The Labute approximate surface area is 136 Å². The summed E-state index contributed by atoms with van der Waals surface area (Å²) >= 11 is 0. The molecule has 1 aliphatic rings. The summed E-state index contributed by atoms with van der Waals surface area (Å²) in [4.78, 5) is 24.8. The Morgan fingerprint density at radius 1 is 1.30 bits per heavy atom. The summed E-state index contributed by atoms with van der Waals surface area (Å²) in [6.07, 6.45) is 1.92. The number of rotatable bonds is 6. The molecule has 0 radical (unpaired) electrons. The van der Waals surface area contributed by atoms with Crippen LogP contribution in [0.4, 0.5) is 4.79 Å². The van der Waals surface area contributed by atoms with Crippen LogP contribution in [0.15, 0.2) is 30.3 Å². The summed E-state index contributed by atoms with van der Waals surface area (Å²) in [7, 11) is 1.66. The van der Waals surface area contributed by atoms with Crippen LogP contribution in [0.2, 0.25) is 0 Å². The molecule has 1 aromatic carbocycles. The van der Waals surface area contributed by atoms with Gasteiger partial charge in [-0.25, -0.2) is 4.79 Å². The number of nitrogens with one attached hydrogen (secondary N) is 1. The number of likely N-dealkylation sites (N-methyl/N-ethyl adjacent to an activating group) is 1. The number of nitrogens with zero attached hydrogens (tertiary/aromatic N) is 1. The van der Waals surface area contributed by atoms with E-state index >= 15 is 0 Å². The molecule has 6 heteroatoms. The van der Waals surface area contributed by atoms with Crippen molar-refractivity contribution in [3.63, 3.8) is 0 Å². The molecule has 1 aromatic rings. The maximum absolute atomic E-state index is 12.1. The van der Waals surface area contributed by atoms with E-state index in [9.17, 15) is 9.59 Å². The lowest BCUT2D eigenvalue weighted by Gasteiger charge is -2.32. The minimum Gasteiger partial charge on any atom is -0.480 e. The topological polar surface area (TPSA) is 78.9 Å². The summed E-state index contributed by atoms with van der Waals surface area (Å²) in [6, 6.07) is 9.07. The van der Waals surface area contributed by atoms with Crippen LogP contribution in [0, 0.1) is 5.92 Å². The van der Waals surface area contributed by atoms with E-state index in [0.717, 1.165) is 18.4 Å². The molecular formula is C17H24N2O4. The SMILES string of the molecule is CNC(CC1CCN(C(=O)OCc2ccccc2)CC1)C(=O)O. The van der Waals surface area contributed by atoms with Crippen LogP contribution >= 0.6 is 0 Å². The molecule has 1 saturated heterocycles. The number of aliphatic carboxylic acids is 1. The number of carboxylic acids is 1. The summed E-state index contributed by atoms with van der Waals surface area (Å²) in [5, 5.41) is 11.9. The Morgan fingerprint density at radius 3 is 2.52 bits per heavy atom. The first-order valence-electron chi connectivity index (χ1n) is 7.96. The van der Waals surface area contributed by atoms with Gasteiger partial charge in [-0.15, -0.1) is 0 Å². The van der Waals surface area contributed by atoms with Crippen molar-refractivity contribution in [2.24, 2.45) is 5.92 Å². The standard InChI is InChI=1S/C17H24N2O4/c1-18-15(16(20)21)11-13-7-9-19(10-8-13)17(22)23-12-14-5-3-2-4-6-14/h2-6,13,15,18H,7-12H2,1H3,(H,20,21). The largest absolute Gasteiger partial charge is 0.480 e. The van der Waals surface area contributed by atoms with Crippen molar-refractivity contribution in [1.82, 2.24) is 10.2 Å². The van der Waals surface area contributed by atoms with Crippen LogP contribution in [0.3, 0.4) is 0 Å². The van der Waals surface area contributed by atoms with Crippen molar-refractivity contribution in [2.75, 3.05) is 20.1 Å². The molecular weight excluding hydrogens is 296 g/mol. The van der Waals surface area contributed by atoms with Gasteiger partial charge in [0.15, 0.2) is 0 Å². The van der Waals surface area contributed by atoms with E-state index < -0.39 is 12.0 Å².